The Hall–Kier alpha value is -3.13. The zero-order valence-corrected chi connectivity index (χ0v) is 15.4. The van der Waals surface area contributed by atoms with E-state index in [2.05, 4.69) is 20.6 Å². The first kappa shape index (κ1) is 17.7. The number of amides is 1. The maximum atomic E-state index is 12.5. The average Bonchev–Trinajstić information content (AvgIpc) is 3.09. The summed E-state index contributed by atoms with van der Waals surface area (Å²) in [4.78, 5) is 21.0. The van der Waals surface area contributed by atoms with Crippen LogP contribution in [-0.4, -0.2) is 30.1 Å². The van der Waals surface area contributed by atoms with Gasteiger partial charge in [-0.25, -0.2) is 9.97 Å². The molecule has 0 fully saturated rings. The Bertz CT molecular complexity index is 904. The Kier molecular flexibility index (Phi) is 5.33. The standard InChI is InChI=1S/C18H18N4O3S/c1-11-5-4-6-15(20-11)22-17(23)16-18(26-10-19-16)21-12-7-13(24-2)9-14(8-12)25-3/h4-10,21H,1-3H3,(H,20,22,23). The number of hydrogen-bond donors (Lipinski definition) is 2. The van der Waals surface area contributed by atoms with Gasteiger partial charge in [-0.2, -0.15) is 0 Å². The number of hydrogen-bond acceptors (Lipinski definition) is 7. The van der Waals surface area contributed by atoms with Crippen LogP contribution < -0.4 is 20.1 Å². The lowest BCUT2D eigenvalue weighted by Gasteiger charge is -2.10. The third-order valence-corrected chi connectivity index (χ3v) is 4.26. The van der Waals surface area contributed by atoms with Gasteiger partial charge in [-0.3, -0.25) is 4.79 Å². The minimum atomic E-state index is -0.332. The molecule has 7 nitrogen and oxygen atoms in total. The Balaban J connectivity index is 1.81. The first-order valence-electron chi connectivity index (χ1n) is 7.77. The van der Waals surface area contributed by atoms with E-state index in [1.807, 2.05) is 31.2 Å². The molecule has 0 aliphatic carbocycles. The van der Waals surface area contributed by atoms with Crippen molar-refractivity contribution in [3.8, 4) is 11.5 Å². The number of carbonyl (C=O) groups excluding carboxylic acids is 1. The lowest BCUT2D eigenvalue weighted by Crippen LogP contribution is -2.15. The Morgan fingerprint density at radius 1 is 1.12 bits per heavy atom. The molecular formula is C18H18N4O3S. The van der Waals surface area contributed by atoms with Crippen LogP contribution >= 0.6 is 11.3 Å². The molecule has 0 bridgehead atoms. The van der Waals surface area contributed by atoms with E-state index in [0.29, 0.717) is 28.0 Å². The molecule has 1 amide bonds. The van der Waals surface area contributed by atoms with Gasteiger partial charge in [0, 0.05) is 29.6 Å². The van der Waals surface area contributed by atoms with Crippen LogP contribution in [0.1, 0.15) is 16.2 Å². The van der Waals surface area contributed by atoms with E-state index >= 15 is 0 Å². The summed E-state index contributed by atoms with van der Waals surface area (Å²) in [7, 11) is 3.16. The van der Waals surface area contributed by atoms with E-state index in [1.54, 1.807) is 31.9 Å². The van der Waals surface area contributed by atoms with Crippen LogP contribution in [0.5, 0.6) is 11.5 Å². The third kappa shape index (κ3) is 4.09. The predicted molar refractivity (Wildman–Crippen MR) is 102 cm³/mol. The van der Waals surface area contributed by atoms with Crippen LogP contribution in [-0.2, 0) is 0 Å². The minimum absolute atomic E-state index is 0.292. The van der Waals surface area contributed by atoms with E-state index in [9.17, 15) is 4.79 Å². The molecule has 0 spiro atoms. The fourth-order valence-electron chi connectivity index (χ4n) is 2.30. The van der Waals surface area contributed by atoms with Crippen LogP contribution in [0.25, 0.3) is 0 Å². The average molecular weight is 370 g/mol. The van der Waals surface area contributed by atoms with Gasteiger partial charge in [0.1, 0.15) is 22.3 Å². The first-order valence-corrected chi connectivity index (χ1v) is 8.65. The second kappa shape index (κ2) is 7.83. The second-order valence-electron chi connectivity index (χ2n) is 5.37. The van der Waals surface area contributed by atoms with E-state index in [0.717, 1.165) is 11.4 Å². The van der Waals surface area contributed by atoms with Gasteiger partial charge in [-0.05, 0) is 19.1 Å². The number of carbonyl (C=O) groups is 1. The van der Waals surface area contributed by atoms with Crippen molar-refractivity contribution < 1.29 is 14.3 Å². The quantitative estimate of drug-likeness (QED) is 0.685. The van der Waals surface area contributed by atoms with Crippen molar-refractivity contribution in [2.24, 2.45) is 0 Å². The fraction of sp³-hybridized carbons (Fsp3) is 0.167. The number of rotatable bonds is 6. The molecule has 0 saturated carbocycles. The molecule has 2 heterocycles. The zero-order valence-electron chi connectivity index (χ0n) is 14.6. The third-order valence-electron chi connectivity index (χ3n) is 3.52. The molecule has 3 aromatic rings. The highest BCUT2D eigenvalue weighted by atomic mass is 32.1. The van der Waals surface area contributed by atoms with Gasteiger partial charge in [0.2, 0.25) is 0 Å². The maximum absolute atomic E-state index is 12.5. The lowest BCUT2D eigenvalue weighted by molar-refractivity contribution is 0.102. The van der Waals surface area contributed by atoms with Gasteiger partial charge >= 0.3 is 0 Å². The number of aryl methyl sites for hydroxylation is 1. The summed E-state index contributed by atoms with van der Waals surface area (Å²) >= 11 is 1.33. The van der Waals surface area contributed by atoms with Gasteiger partial charge in [0.25, 0.3) is 5.91 Å². The summed E-state index contributed by atoms with van der Waals surface area (Å²) in [5.74, 6) is 1.44. The number of anilines is 3. The highest BCUT2D eigenvalue weighted by molar-refractivity contribution is 7.14. The Morgan fingerprint density at radius 3 is 2.50 bits per heavy atom. The molecule has 2 N–H and O–H groups in total. The van der Waals surface area contributed by atoms with Crippen molar-refractivity contribution in [2.75, 3.05) is 24.9 Å². The van der Waals surface area contributed by atoms with Crippen molar-refractivity contribution in [3.63, 3.8) is 0 Å². The molecule has 8 heteroatoms. The molecule has 0 aliphatic heterocycles. The highest BCUT2D eigenvalue weighted by Gasteiger charge is 2.16. The molecule has 26 heavy (non-hydrogen) atoms. The second-order valence-corrected chi connectivity index (χ2v) is 6.23. The molecule has 0 atom stereocenters. The summed E-state index contributed by atoms with van der Waals surface area (Å²) in [5, 5.41) is 6.57. The van der Waals surface area contributed by atoms with Gasteiger partial charge < -0.3 is 20.1 Å². The largest absolute Gasteiger partial charge is 0.497 e. The van der Waals surface area contributed by atoms with Crippen LogP contribution in [0.3, 0.4) is 0 Å². The summed E-state index contributed by atoms with van der Waals surface area (Å²) in [5.41, 5.74) is 3.45. The molecule has 134 valence electrons. The normalized spacial score (nSPS) is 10.3. The molecule has 2 aromatic heterocycles. The SMILES string of the molecule is COc1cc(Nc2scnc2C(=O)Nc2cccc(C)n2)cc(OC)c1. The van der Waals surface area contributed by atoms with Crippen LogP contribution in [0, 0.1) is 6.92 Å². The first-order chi connectivity index (χ1) is 12.6. The molecule has 0 saturated heterocycles. The van der Waals surface area contributed by atoms with Crippen molar-refractivity contribution in [3.05, 3.63) is 53.3 Å². The van der Waals surface area contributed by atoms with E-state index in [1.165, 1.54) is 11.3 Å². The fourth-order valence-corrected chi connectivity index (χ4v) is 2.99. The number of pyridine rings is 1. The molecule has 3 rings (SSSR count). The van der Waals surface area contributed by atoms with E-state index < -0.39 is 0 Å². The van der Waals surface area contributed by atoms with Crippen LogP contribution in [0.15, 0.2) is 41.9 Å². The number of thiazole rings is 1. The van der Waals surface area contributed by atoms with E-state index in [4.69, 9.17) is 9.47 Å². The Morgan fingerprint density at radius 2 is 1.85 bits per heavy atom. The number of ether oxygens (including phenoxy) is 2. The molecule has 1 aromatic carbocycles. The van der Waals surface area contributed by atoms with Crippen LogP contribution in [0.2, 0.25) is 0 Å². The zero-order chi connectivity index (χ0) is 18.5. The lowest BCUT2D eigenvalue weighted by atomic mass is 10.2. The molecule has 0 unspecified atom stereocenters. The minimum Gasteiger partial charge on any atom is -0.497 e. The van der Waals surface area contributed by atoms with Crippen molar-refractivity contribution in [1.29, 1.82) is 0 Å². The van der Waals surface area contributed by atoms with Gasteiger partial charge in [0.05, 0.1) is 19.7 Å². The predicted octanol–water partition coefficient (Wildman–Crippen LogP) is 3.86. The number of nitrogens with one attached hydrogen (secondary N) is 2. The van der Waals surface area contributed by atoms with Crippen LogP contribution in [0.4, 0.5) is 16.5 Å². The number of aromatic nitrogens is 2. The smallest absolute Gasteiger partial charge is 0.278 e. The highest BCUT2D eigenvalue weighted by Crippen LogP contribution is 2.31. The van der Waals surface area contributed by atoms with E-state index in [-0.39, 0.29) is 5.91 Å². The number of nitrogens with zero attached hydrogens (tertiary/aromatic N) is 2. The number of methoxy groups -OCH3 is 2. The van der Waals surface area contributed by atoms with Gasteiger partial charge in [-0.1, -0.05) is 6.07 Å². The molecular weight excluding hydrogens is 352 g/mol. The molecule has 0 aliphatic rings. The molecule has 0 radical (unpaired) electrons. The Labute approximate surface area is 155 Å². The summed E-state index contributed by atoms with van der Waals surface area (Å²) in [6.45, 7) is 1.86. The summed E-state index contributed by atoms with van der Waals surface area (Å²) < 4.78 is 10.5. The topological polar surface area (TPSA) is 85.4 Å². The van der Waals surface area contributed by atoms with Crippen molar-refractivity contribution in [1.82, 2.24) is 9.97 Å². The van der Waals surface area contributed by atoms with Crippen molar-refractivity contribution >= 4 is 33.8 Å². The van der Waals surface area contributed by atoms with Gasteiger partial charge in [0.15, 0.2) is 5.69 Å². The maximum Gasteiger partial charge on any atom is 0.278 e. The van der Waals surface area contributed by atoms with Crippen molar-refractivity contribution in [2.45, 2.75) is 6.92 Å². The number of benzene rings is 1. The summed E-state index contributed by atoms with van der Waals surface area (Å²) in [6.07, 6.45) is 0. The van der Waals surface area contributed by atoms with Gasteiger partial charge in [-0.15, -0.1) is 11.3 Å². The monoisotopic (exact) mass is 370 g/mol. The summed E-state index contributed by atoms with van der Waals surface area (Å²) in [6, 6.07) is 10.8.